The summed E-state index contributed by atoms with van der Waals surface area (Å²) >= 11 is 0. The second-order valence-corrected chi connectivity index (χ2v) is 5.34. The summed E-state index contributed by atoms with van der Waals surface area (Å²) in [6.07, 6.45) is 2.80. The molecule has 18 heavy (non-hydrogen) atoms. The van der Waals surface area contributed by atoms with Gasteiger partial charge in [0, 0.05) is 19.5 Å². The minimum atomic E-state index is -0.00508. The number of hydrogen-bond donors (Lipinski definition) is 1. The van der Waals surface area contributed by atoms with Crippen molar-refractivity contribution in [2.45, 2.75) is 52.5 Å². The molecule has 1 amide bonds. The summed E-state index contributed by atoms with van der Waals surface area (Å²) in [7, 11) is 1.78. The maximum Gasteiger partial charge on any atom is 0.222 e. The van der Waals surface area contributed by atoms with E-state index in [1.807, 2.05) is 6.92 Å². The highest BCUT2D eigenvalue weighted by Gasteiger charge is 2.18. The van der Waals surface area contributed by atoms with Crippen molar-refractivity contribution in [1.82, 2.24) is 4.90 Å². The first-order chi connectivity index (χ1) is 8.43. The molecular formula is C14H27N3O. The lowest BCUT2D eigenvalue weighted by atomic mass is 9.88. The Bertz CT molecular complexity index is 283. The Balaban J connectivity index is 4.19. The standard InChI is InChI=1S/C14H27N3O/c1-11(2)13(8-10-16)5-6-14(18)17(4)12(3)7-9-15/h11-13H,5-8,10,16H2,1-4H3. The number of hydrogen-bond acceptors (Lipinski definition) is 3. The Hall–Kier alpha value is -1.08. The van der Waals surface area contributed by atoms with Gasteiger partial charge in [-0.2, -0.15) is 5.26 Å². The molecule has 0 spiro atoms. The zero-order valence-corrected chi connectivity index (χ0v) is 12.1. The van der Waals surface area contributed by atoms with E-state index < -0.39 is 0 Å². The smallest absolute Gasteiger partial charge is 0.222 e. The van der Waals surface area contributed by atoms with E-state index in [1.165, 1.54) is 0 Å². The van der Waals surface area contributed by atoms with E-state index in [4.69, 9.17) is 11.0 Å². The van der Waals surface area contributed by atoms with E-state index in [2.05, 4.69) is 19.9 Å². The molecule has 4 heteroatoms. The van der Waals surface area contributed by atoms with Gasteiger partial charge in [-0.05, 0) is 38.1 Å². The maximum absolute atomic E-state index is 12.0. The van der Waals surface area contributed by atoms with Gasteiger partial charge in [0.05, 0.1) is 12.5 Å². The van der Waals surface area contributed by atoms with Gasteiger partial charge in [0.15, 0.2) is 0 Å². The van der Waals surface area contributed by atoms with Crippen LogP contribution in [0.5, 0.6) is 0 Å². The Morgan fingerprint density at radius 3 is 2.39 bits per heavy atom. The second-order valence-electron chi connectivity index (χ2n) is 5.34. The van der Waals surface area contributed by atoms with Crippen molar-refractivity contribution in [2.24, 2.45) is 17.6 Å². The molecular weight excluding hydrogens is 226 g/mol. The molecule has 0 aromatic carbocycles. The highest BCUT2D eigenvalue weighted by Crippen LogP contribution is 2.21. The molecule has 0 bridgehead atoms. The predicted molar refractivity (Wildman–Crippen MR) is 73.7 cm³/mol. The molecule has 4 nitrogen and oxygen atoms in total. The van der Waals surface area contributed by atoms with E-state index >= 15 is 0 Å². The van der Waals surface area contributed by atoms with Gasteiger partial charge in [0.25, 0.3) is 0 Å². The Kier molecular flexibility index (Phi) is 8.40. The Morgan fingerprint density at radius 1 is 1.33 bits per heavy atom. The molecule has 0 radical (unpaired) electrons. The van der Waals surface area contributed by atoms with Crippen molar-refractivity contribution in [2.75, 3.05) is 13.6 Å². The number of carbonyl (C=O) groups excluding carboxylic acids is 1. The summed E-state index contributed by atoms with van der Waals surface area (Å²) in [4.78, 5) is 13.7. The lowest BCUT2D eigenvalue weighted by molar-refractivity contribution is -0.132. The molecule has 0 saturated heterocycles. The summed E-state index contributed by atoms with van der Waals surface area (Å²) in [5.74, 6) is 1.20. The molecule has 2 N–H and O–H groups in total. The lowest BCUT2D eigenvalue weighted by Crippen LogP contribution is -2.35. The highest BCUT2D eigenvalue weighted by atomic mass is 16.2. The third-order valence-corrected chi connectivity index (χ3v) is 3.65. The van der Waals surface area contributed by atoms with Crippen molar-refractivity contribution in [3.8, 4) is 6.07 Å². The zero-order chi connectivity index (χ0) is 14.1. The zero-order valence-electron chi connectivity index (χ0n) is 12.1. The largest absolute Gasteiger partial charge is 0.342 e. The van der Waals surface area contributed by atoms with E-state index in [9.17, 15) is 4.79 Å². The topological polar surface area (TPSA) is 70.1 Å². The minimum absolute atomic E-state index is 0.00508. The number of amides is 1. The molecule has 0 heterocycles. The number of nitrogens with two attached hydrogens (primary N) is 1. The summed E-state index contributed by atoms with van der Waals surface area (Å²) in [5.41, 5.74) is 5.59. The highest BCUT2D eigenvalue weighted by molar-refractivity contribution is 5.76. The summed E-state index contributed by atoms with van der Waals surface area (Å²) < 4.78 is 0. The fourth-order valence-corrected chi connectivity index (χ4v) is 2.03. The van der Waals surface area contributed by atoms with Gasteiger partial charge < -0.3 is 10.6 Å². The summed E-state index contributed by atoms with van der Waals surface area (Å²) in [5, 5.41) is 8.63. The number of carbonyl (C=O) groups is 1. The molecule has 0 fully saturated rings. The minimum Gasteiger partial charge on any atom is -0.342 e. The average molecular weight is 253 g/mol. The molecule has 0 aromatic rings. The van der Waals surface area contributed by atoms with Gasteiger partial charge in [-0.25, -0.2) is 0 Å². The van der Waals surface area contributed by atoms with Crippen molar-refractivity contribution in [1.29, 1.82) is 5.26 Å². The first-order valence-corrected chi connectivity index (χ1v) is 6.76. The first-order valence-electron chi connectivity index (χ1n) is 6.76. The SMILES string of the molecule is CC(C)C(CCN)CCC(=O)N(C)C(C)CC#N. The molecule has 0 saturated carbocycles. The molecule has 0 aliphatic carbocycles. The Morgan fingerprint density at radius 2 is 1.94 bits per heavy atom. The number of nitrogens with zero attached hydrogens (tertiary/aromatic N) is 2. The van der Waals surface area contributed by atoms with Crippen LogP contribution in [0.25, 0.3) is 0 Å². The van der Waals surface area contributed by atoms with E-state index in [0.29, 0.717) is 31.2 Å². The van der Waals surface area contributed by atoms with Crippen molar-refractivity contribution in [3.63, 3.8) is 0 Å². The van der Waals surface area contributed by atoms with E-state index in [-0.39, 0.29) is 11.9 Å². The third-order valence-electron chi connectivity index (χ3n) is 3.65. The van der Waals surface area contributed by atoms with Gasteiger partial charge in [0.2, 0.25) is 5.91 Å². The van der Waals surface area contributed by atoms with Crippen molar-refractivity contribution >= 4 is 5.91 Å². The molecule has 0 rings (SSSR count). The predicted octanol–water partition coefficient (Wildman–Crippen LogP) is 2.15. The molecule has 0 aliphatic heterocycles. The second kappa shape index (κ2) is 8.93. The molecule has 0 aromatic heterocycles. The van der Waals surface area contributed by atoms with Crippen LogP contribution in [-0.2, 0) is 4.79 Å². The molecule has 0 aliphatic rings. The fourth-order valence-electron chi connectivity index (χ4n) is 2.03. The van der Waals surface area contributed by atoms with Gasteiger partial charge >= 0.3 is 0 Å². The van der Waals surface area contributed by atoms with Crippen LogP contribution in [0.1, 0.15) is 46.5 Å². The van der Waals surface area contributed by atoms with Crippen LogP contribution >= 0.6 is 0 Å². The van der Waals surface area contributed by atoms with Gasteiger partial charge in [-0.1, -0.05) is 13.8 Å². The van der Waals surface area contributed by atoms with E-state index in [1.54, 1.807) is 11.9 Å². The van der Waals surface area contributed by atoms with Gasteiger partial charge in [-0.3, -0.25) is 4.79 Å². The van der Waals surface area contributed by atoms with Crippen LogP contribution in [0, 0.1) is 23.2 Å². The Labute approximate surface area is 111 Å². The van der Waals surface area contributed by atoms with E-state index in [0.717, 1.165) is 12.8 Å². The van der Waals surface area contributed by atoms with Crippen LogP contribution < -0.4 is 5.73 Å². The van der Waals surface area contributed by atoms with Crippen LogP contribution in [0.2, 0.25) is 0 Å². The normalized spacial score (nSPS) is 14.1. The number of nitriles is 1. The quantitative estimate of drug-likeness (QED) is 0.720. The van der Waals surface area contributed by atoms with Gasteiger partial charge in [-0.15, -0.1) is 0 Å². The van der Waals surface area contributed by atoms with Crippen LogP contribution in [0.4, 0.5) is 0 Å². The van der Waals surface area contributed by atoms with Crippen LogP contribution in [0.3, 0.4) is 0 Å². The molecule has 104 valence electrons. The number of rotatable bonds is 8. The first kappa shape index (κ1) is 16.9. The summed E-state index contributed by atoms with van der Waals surface area (Å²) in [6.45, 7) is 6.93. The third kappa shape index (κ3) is 6.02. The average Bonchev–Trinajstić information content (AvgIpc) is 2.32. The fraction of sp³-hybridized carbons (Fsp3) is 0.857. The lowest BCUT2D eigenvalue weighted by Gasteiger charge is -2.25. The monoisotopic (exact) mass is 253 g/mol. The van der Waals surface area contributed by atoms with Crippen LogP contribution in [0.15, 0.2) is 0 Å². The molecule has 2 unspecified atom stereocenters. The van der Waals surface area contributed by atoms with Gasteiger partial charge in [0.1, 0.15) is 0 Å². The molecule has 2 atom stereocenters. The van der Waals surface area contributed by atoms with Crippen molar-refractivity contribution < 1.29 is 4.79 Å². The van der Waals surface area contributed by atoms with Crippen molar-refractivity contribution in [3.05, 3.63) is 0 Å². The maximum atomic E-state index is 12.0. The summed E-state index contributed by atoms with van der Waals surface area (Å²) in [6, 6.07) is 2.09. The van der Waals surface area contributed by atoms with Crippen LogP contribution in [-0.4, -0.2) is 30.4 Å².